The highest BCUT2D eigenvalue weighted by Crippen LogP contribution is 2.37. The van der Waals surface area contributed by atoms with Crippen molar-refractivity contribution in [3.63, 3.8) is 0 Å². The number of aliphatic hydroxyl groups is 2. The molecule has 48 heavy (non-hydrogen) atoms. The molecule has 11 nitrogen and oxygen atoms in total. The van der Waals surface area contributed by atoms with Gasteiger partial charge in [0.1, 0.15) is 24.1 Å². The first-order valence-corrected chi connectivity index (χ1v) is 17.4. The van der Waals surface area contributed by atoms with Crippen LogP contribution in [0.4, 0.5) is 0 Å². The maximum absolute atomic E-state index is 14.6. The summed E-state index contributed by atoms with van der Waals surface area (Å²) in [6.45, 7) is 8.96. The van der Waals surface area contributed by atoms with Crippen LogP contribution in [0, 0.1) is 11.8 Å². The number of amides is 2. The highest BCUT2D eigenvalue weighted by atomic mass is 16.5. The summed E-state index contributed by atoms with van der Waals surface area (Å²) in [5.41, 5.74) is 2.24. The zero-order valence-corrected chi connectivity index (χ0v) is 29.4. The third-order valence-electron chi connectivity index (χ3n) is 10.1. The maximum Gasteiger partial charge on any atom is 0.237 e. The zero-order chi connectivity index (χ0) is 34.6. The fraction of sp³-hybridized carbons (Fsp3) is 0.649. The first-order valence-electron chi connectivity index (χ1n) is 17.4. The number of ether oxygens (including phenoxy) is 3. The average molecular weight is 669 g/mol. The van der Waals surface area contributed by atoms with Gasteiger partial charge < -0.3 is 34.2 Å². The first kappa shape index (κ1) is 37.7. The number of nitrogens with zero attached hydrogens (tertiary/aromatic N) is 4. The molecule has 4 rings (SSSR count). The Labute approximate surface area is 286 Å². The molecule has 0 unspecified atom stereocenters. The summed E-state index contributed by atoms with van der Waals surface area (Å²) >= 11 is 0. The van der Waals surface area contributed by atoms with Gasteiger partial charge in [0, 0.05) is 58.6 Å². The smallest absolute Gasteiger partial charge is 0.237 e. The van der Waals surface area contributed by atoms with E-state index in [0.29, 0.717) is 50.8 Å². The summed E-state index contributed by atoms with van der Waals surface area (Å²) in [5, 5.41) is 21.6. The molecule has 2 N–H and O–H groups in total. The molecular formula is C37H56N4O7. The second-order valence-electron chi connectivity index (χ2n) is 13.6. The van der Waals surface area contributed by atoms with Crippen LogP contribution in [0.1, 0.15) is 69.5 Å². The van der Waals surface area contributed by atoms with Gasteiger partial charge in [-0.25, -0.2) is 0 Å². The van der Waals surface area contributed by atoms with Crippen molar-refractivity contribution in [3.8, 4) is 5.75 Å². The Morgan fingerprint density at radius 3 is 2.38 bits per heavy atom. The lowest BCUT2D eigenvalue weighted by Gasteiger charge is -2.43. The fourth-order valence-electron chi connectivity index (χ4n) is 7.08. The van der Waals surface area contributed by atoms with E-state index in [1.54, 1.807) is 12.0 Å². The van der Waals surface area contributed by atoms with E-state index in [0.717, 1.165) is 31.5 Å². The van der Waals surface area contributed by atoms with Crippen LogP contribution in [0.5, 0.6) is 5.75 Å². The molecule has 1 aromatic heterocycles. The molecule has 2 saturated heterocycles. The van der Waals surface area contributed by atoms with Crippen molar-refractivity contribution >= 4 is 11.8 Å². The number of methoxy groups -OCH3 is 2. The van der Waals surface area contributed by atoms with Gasteiger partial charge in [0.2, 0.25) is 11.8 Å². The quantitative estimate of drug-likeness (QED) is 0.456. The van der Waals surface area contributed by atoms with Crippen molar-refractivity contribution in [2.75, 3.05) is 66.7 Å². The summed E-state index contributed by atoms with van der Waals surface area (Å²) in [5.74, 6) is 0.942. The zero-order valence-electron chi connectivity index (χ0n) is 29.4. The molecule has 0 spiro atoms. The van der Waals surface area contributed by atoms with Crippen LogP contribution in [0.2, 0.25) is 0 Å². The lowest BCUT2D eigenvalue weighted by atomic mass is 9.82. The Morgan fingerprint density at radius 2 is 1.73 bits per heavy atom. The third kappa shape index (κ3) is 10.2. The summed E-state index contributed by atoms with van der Waals surface area (Å²) in [6, 6.07) is 11.7. The number of likely N-dealkylation sites (tertiary alicyclic amines) is 1. The molecule has 1 aromatic carbocycles. The van der Waals surface area contributed by atoms with E-state index < -0.39 is 18.3 Å². The predicted octanol–water partition coefficient (Wildman–Crippen LogP) is 3.51. The molecule has 2 aliphatic rings. The van der Waals surface area contributed by atoms with Gasteiger partial charge in [-0.05, 0) is 86.0 Å². The van der Waals surface area contributed by atoms with Gasteiger partial charge in [0.05, 0.1) is 26.3 Å². The molecule has 11 heteroatoms. The van der Waals surface area contributed by atoms with Crippen molar-refractivity contribution in [2.24, 2.45) is 11.8 Å². The largest absolute Gasteiger partial charge is 0.497 e. The van der Waals surface area contributed by atoms with Crippen LogP contribution in [0.25, 0.3) is 0 Å². The van der Waals surface area contributed by atoms with Crippen LogP contribution in [-0.2, 0) is 19.1 Å². The Bertz CT molecular complexity index is 1270. The minimum absolute atomic E-state index is 0.0519. The summed E-state index contributed by atoms with van der Waals surface area (Å²) in [4.78, 5) is 37.8. The van der Waals surface area contributed by atoms with Crippen LogP contribution in [-0.4, -0.2) is 127 Å². The minimum Gasteiger partial charge on any atom is -0.497 e. The summed E-state index contributed by atoms with van der Waals surface area (Å²) in [6.07, 6.45) is 3.78. The Hall–Kier alpha value is -3.09. The van der Waals surface area contributed by atoms with Crippen molar-refractivity contribution in [3.05, 3.63) is 59.9 Å². The normalized spacial score (nSPS) is 26.1. The Balaban J connectivity index is 1.68. The van der Waals surface area contributed by atoms with Crippen LogP contribution < -0.4 is 4.74 Å². The second kappa shape index (κ2) is 18.6. The fourth-order valence-corrected chi connectivity index (χ4v) is 7.08. The standard InChI is InChI=1S/C37H56N4O7/c1-26(2)32-22-40(27(3)42)23-34(47-5)37(45)33(43)25-48-20-7-6-17-41(36(32)30-9-8-10-31(21-30)46-4)35(44)24-39-18-13-29(14-19-39)28-11-15-38-16-12-28/h8-12,15-16,21,26,29,32-34,36-37,43,45H,6-7,13-14,17-20,22-25H2,1-5H3/t32-,33+,34+,36-,37+/m1/s1. The SMILES string of the molecule is COc1cccc([C@@H]2[C@@H](C(C)C)CN(C(C)=O)C[C@H](OC)[C@@H](O)[C@@H](O)COCCCCN2C(=O)CN2CCC(c3ccncc3)CC2)c1. The van der Waals surface area contributed by atoms with E-state index >= 15 is 0 Å². The number of rotatable bonds is 7. The number of pyridine rings is 1. The number of piperidine rings is 1. The van der Waals surface area contributed by atoms with Crippen LogP contribution in [0.15, 0.2) is 48.8 Å². The molecule has 0 radical (unpaired) electrons. The average Bonchev–Trinajstić information content (AvgIpc) is 3.10. The molecule has 0 saturated carbocycles. The molecule has 2 aromatic rings. The molecule has 5 atom stereocenters. The van der Waals surface area contributed by atoms with Gasteiger partial charge in [-0.3, -0.25) is 19.5 Å². The number of benzene rings is 1. The maximum atomic E-state index is 14.6. The molecule has 2 aliphatic heterocycles. The van der Waals surface area contributed by atoms with Gasteiger partial charge in [0.25, 0.3) is 0 Å². The van der Waals surface area contributed by atoms with Crippen molar-refractivity contribution in [1.29, 1.82) is 0 Å². The number of aromatic nitrogens is 1. The number of carbonyl (C=O) groups excluding carboxylic acids is 2. The predicted molar refractivity (Wildman–Crippen MR) is 184 cm³/mol. The van der Waals surface area contributed by atoms with Crippen molar-refractivity contribution in [2.45, 2.75) is 76.7 Å². The number of aliphatic hydroxyl groups excluding tert-OH is 2. The summed E-state index contributed by atoms with van der Waals surface area (Å²) in [7, 11) is 3.10. The monoisotopic (exact) mass is 668 g/mol. The highest BCUT2D eigenvalue weighted by Gasteiger charge is 2.38. The van der Waals surface area contributed by atoms with E-state index in [9.17, 15) is 19.8 Å². The molecule has 0 aliphatic carbocycles. The van der Waals surface area contributed by atoms with E-state index in [2.05, 4.69) is 35.9 Å². The molecular weight excluding hydrogens is 612 g/mol. The molecule has 3 heterocycles. The van der Waals surface area contributed by atoms with Crippen molar-refractivity contribution in [1.82, 2.24) is 19.7 Å². The van der Waals surface area contributed by atoms with E-state index in [4.69, 9.17) is 14.2 Å². The number of hydrogen-bond acceptors (Lipinski definition) is 9. The van der Waals surface area contributed by atoms with Gasteiger partial charge in [-0.1, -0.05) is 26.0 Å². The van der Waals surface area contributed by atoms with E-state index in [-0.39, 0.29) is 42.8 Å². The topological polar surface area (TPSA) is 125 Å². The summed E-state index contributed by atoms with van der Waals surface area (Å²) < 4.78 is 17.0. The lowest BCUT2D eigenvalue weighted by Crippen LogP contribution is -2.52. The Morgan fingerprint density at radius 1 is 1.00 bits per heavy atom. The lowest BCUT2D eigenvalue weighted by molar-refractivity contribution is -0.140. The number of carbonyl (C=O) groups is 2. The van der Waals surface area contributed by atoms with E-state index in [1.165, 1.54) is 19.6 Å². The minimum atomic E-state index is -1.24. The number of hydrogen-bond donors (Lipinski definition) is 2. The second-order valence-corrected chi connectivity index (χ2v) is 13.6. The van der Waals surface area contributed by atoms with Gasteiger partial charge in [0.15, 0.2) is 0 Å². The van der Waals surface area contributed by atoms with Gasteiger partial charge in [-0.15, -0.1) is 0 Å². The third-order valence-corrected chi connectivity index (χ3v) is 10.1. The molecule has 266 valence electrons. The van der Waals surface area contributed by atoms with Gasteiger partial charge >= 0.3 is 0 Å². The van der Waals surface area contributed by atoms with Crippen molar-refractivity contribution < 1.29 is 34.0 Å². The molecule has 0 bridgehead atoms. The Kier molecular flexibility index (Phi) is 14.6. The first-order chi connectivity index (χ1) is 23.1. The van der Waals surface area contributed by atoms with Gasteiger partial charge in [-0.2, -0.15) is 0 Å². The van der Waals surface area contributed by atoms with Crippen LogP contribution in [0.3, 0.4) is 0 Å². The van der Waals surface area contributed by atoms with E-state index in [1.807, 2.05) is 41.6 Å². The molecule has 2 fully saturated rings. The van der Waals surface area contributed by atoms with Crippen LogP contribution >= 0.6 is 0 Å². The highest BCUT2D eigenvalue weighted by molar-refractivity contribution is 5.79. The molecule has 2 amide bonds.